The van der Waals surface area contributed by atoms with Crippen molar-refractivity contribution in [3.63, 3.8) is 0 Å². The molecule has 0 bridgehead atoms. The van der Waals surface area contributed by atoms with E-state index in [-0.39, 0.29) is 0 Å². The quantitative estimate of drug-likeness (QED) is 0.177. The Morgan fingerprint density at radius 2 is 1.04 bits per heavy atom. The molecule has 0 fully saturated rings. The average molecular weight is 661 g/mol. The molecule has 12 rings (SSSR count). The lowest BCUT2D eigenvalue weighted by atomic mass is 10.0. The van der Waals surface area contributed by atoms with Gasteiger partial charge in [-0.2, -0.15) is 0 Å². The minimum Gasteiger partial charge on any atom is -0.308 e. The van der Waals surface area contributed by atoms with E-state index in [2.05, 4.69) is 179 Å². The van der Waals surface area contributed by atoms with Gasteiger partial charge in [-0.05, 0) is 52.2 Å². The first-order valence-corrected chi connectivity index (χ1v) is 17.8. The molecule has 0 atom stereocenters. The number of rotatable bonds is 3. The van der Waals surface area contributed by atoms with Crippen molar-refractivity contribution in [1.82, 2.24) is 18.9 Å². The molecule has 0 N–H and O–H groups in total. The molecule has 0 saturated heterocycles. The molecule has 52 heavy (non-hydrogen) atoms. The van der Waals surface area contributed by atoms with Crippen LogP contribution < -0.4 is 0 Å². The molecule has 0 aliphatic heterocycles. The zero-order chi connectivity index (χ0) is 33.9. The Morgan fingerprint density at radius 3 is 1.88 bits per heavy atom. The smallest absolute Gasteiger partial charge is 0.165 e. The number of para-hydroxylation sites is 1. The van der Waals surface area contributed by atoms with E-state index in [1.807, 2.05) is 0 Å². The van der Waals surface area contributed by atoms with Gasteiger partial charge in [-0.25, -0.2) is 9.97 Å². The molecule has 4 heterocycles. The summed E-state index contributed by atoms with van der Waals surface area (Å²) in [4.78, 5) is 11.0. The van der Waals surface area contributed by atoms with E-state index in [1.54, 1.807) is 0 Å². The summed E-state index contributed by atoms with van der Waals surface area (Å²) in [6.45, 7) is 0. The second kappa shape index (κ2) is 10.3. The third-order valence-electron chi connectivity index (χ3n) is 11.0. The highest BCUT2D eigenvalue weighted by atomic mass is 15.1. The monoisotopic (exact) mass is 660 g/mol. The molecular weight excluding hydrogens is 633 g/mol. The molecule has 4 heteroatoms. The molecule has 0 aliphatic carbocycles. The number of aromatic nitrogens is 4. The molecule has 0 aliphatic rings. The summed E-state index contributed by atoms with van der Waals surface area (Å²) in [5, 5.41) is 9.68. The van der Waals surface area contributed by atoms with Crippen molar-refractivity contribution in [2.24, 2.45) is 0 Å². The third-order valence-corrected chi connectivity index (χ3v) is 11.0. The summed E-state index contributed by atoms with van der Waals surface area (Å²) in [6.07, 6.45) is 0. The minimum atomic E-state index is 0.825. The second-order valence-corrected chi connectivity index (χ2v) is 13.8. The summed E-state index contributed by atoms with van der Waals surface area (Å²) in [7, 11) is 0. The largest absolute Gasteiger partial charge is 0.308 e. The van der Waals surface area contributed by atoms with Crippen LogP contribution in [0.25, 0.3) is 110 Å². The van der Waals surface area contributed by atoms with Crippen molar-refractivity contribution >= 4 is 81.7 Å². The highest BCUT2D eigenvalue weighted by Crippen LogP contribution is 2.45. The predicted molar refractivity (Wildman–Crippen MR) is 217 cm³/mol. The Hall–Kier alpha value is -7.04. The van der Waals surface area contributed by atoms with Crippen LogP contribution in [-0.2, 0) is 0 Å². The van der Waals surface area contributed by atoms with Gasteiger partial charge in [0.25, 0.3) is 0 Å². The van der Waals surface area contributed by atoms with Crippen LogP contribution >= 0.6 is 0 Å². The molecule has 0 amide bonds. The normalized spacial score (nSPS) is 12.2. The lowest BCUT2D eigenvalue weighted by Gasteiger charge is -2.15. The summed E-state index contributed by atoms with van der Waals surface area (Å²) < 4.78 is 4.86. The Bertz CT molecular complexity index is 3390. The van der Waals surface area contributed by atoms with E-state index < -0.39 is 0 Å². The summed E-state index contributed by atoms with van der Waals surface area (Å²) >= 11 is 0. The first kappa shape index (κ1) is 27.7. The van der Waals surface area contributed by atoms with Crippen molar-refractivity contribution in [2.45, 2.75) is 0 Å². The molecule has 12 aromatic rings. The van der Waals surface area contributed by atoms with Crippen molar-refractivity contribution in [3.05, 3.63) is 170 Å². The molecule has 0 unspecified atom stereocenters. The third kappa shape index (κ3) is 3.65. The van der Waals surface area contributed by atoms with E-state index >= 15 is 0 Å². The fourth-order valence-corrected chi connectivity index (χ4v) is 8.80. The van der Waals surface area contributed by atoms with Crippen LogP contribution in [0.1, 0.15) is 0 Å². The Labute approximate surface area is 297 Å². The van der Waals surface area contributed by atoms with Gasteiger partial charge in [0, 0.05) is 37.9 Å². The SMILES string of the molecule is c1ccc(-c2ccc3c4cccc5c6cccc7c6c6c(cccc6n(c3c2)c54)n7-c2nc3ccc4ccccc4c3nc2-c2ccccc2)cc1. The summed E-state index contributed by atoms with van der Waals surface area (Å²) in [5.74, 6) is 0.825. The van der Waals surface area contributed by atoms with Crippen molar-refractivity contribution in [1.29, 1.82) is 0 Å². The number of fused-ring (bicyclic) bond motifs is 8. The van der Waals surface area contributed by atoms with E-state index in [0.717, 1.165) is 49.9 Å². The maximum Gasteiger partial charge on any atom is 0.165 e. The van der Waals surface area contributed by atoms with Gasteiger partial charge in [0.2, 0.25) is 0 Å². The molecule has 4 nitrogen and oxygen atoms in total. The molecule has 4 aromatic heterocycles. The number of benzene rings is 8. The Balaban J connectivity index is 1.28. The molecule has 0 saturated carbocycles. The zero-order valence-corrected chi connectivity index (χ0v) is 28.0. The first-order valence-electron chi connectivity index (χ1n) is 17.8. The van der Waals surface area contributed by atoms with E-state index in [4.69, 9.17) is 9.97 Å². The van der Waals surface area contributed by atoms with Crippen LogP contribution in [0.15, 0.2) is 170 Å². The van der Waals surface area contributed by atoms with Gasteiger partial charge in [-0.3, -0.25) is 4.57 Å². The fourth-order valence-electron chi connectivity index (χ4n) is 8.80. The molecule has 0 spiro atoms. The van der Waals surface area contributed by atoms with E-state index in [0.29, 0.717) is 0 Å². The van der Waals surface area contributed by atoms with Gasteiger partial charge in [0.15, 0.2) is 5.82 Å². The minimum absolute atomic E-state index is 0.825. The Morgan fingerprint density at radius 1 is 0.385 bits per heavy atom. The lowest BCUT2D eigenvalue weighted by molar-refractivity contribution is 1.08. The van der Waals surface area contributed by atoms with Gasteiger partial charge in [-0.1, -0.05) is 140 Å². The number of hydrogen-bond acceptors (Lipinski definition) is 2. The van der Waals surface area contributed by atoms with Crippen molar-refractivity contribution in [2.75, 3.05) is 0 Å². The fraction of sp³-hybridized carbons (Fsp3) is 0. The highest BCUT2D eigenvalue weighted by Gasteiger charge is 2.24. The Kier molecular flexibility index (Phi) is 5.47. The molecular formula is C48H28N4. The van der Waals surface area contributed by atoms with Crippen LogP contribution in [0.2, 0.25) is 0 Å². The maximum absolute atomic E-state index is 5.51. The molecule has 8 aromatic carbocycles. The van der Waals surface area contributed by atoms with Crippen LogP contribution in [0.3, 0.4) is 0 Å². The van der Waals surface area contributed by atoms with Crippen LogP contribution in [-0.4, -0.2) is 18.9 Å². The zero-order valence-electron chi connectivity index (χ0n) is 28.0. The van der Waals surface area contributed by atoms with Crippen molar-refractivity contribution in [3.8, 4) is 28.2 Å². The van der Waals surface area contributed by atoms with Gasteiger partial charge in [-0.15, -0.1) is 0 Å². The van der Waals surface area contributed by atoms with Gasteiger partial charge < -0.3 is 4.40 Å². The van der Waals surface area contributed by atoms with Gasteiger partial charge >= 0.3 is 0 Å². The summed E-state index contributed by atoms with van der Waals surface area (Å²) in [5.41, 5.74) is 11.9. The standard InChI is InChI=1S/C48H28N4/c1-3-12-29(13-4-1)32-24-26-34-36-19-9-20-37-35-18-10-21-39-43(35)44-40(51(47(36)37)42(34)28-32)22-11-23-41(44)52(39)48-45(31-15-5-2-6-16-31)50-46-33-17-8-7-14-30(33)25-27-38(46)49-48/h1-28H. The second-order valence-electron chi connectivity index (χ2n) is 13.8. The average Bonchev–Trinajstić information content (AvgIpc) is 3.69. The van der Waals surface area contributed by atoms with E-state index in [1.165, 1.54) is 60.0 Å². The number of hydrogen-bond donors (Lipinski definition) is 0. The van der Waals surface area contributed by atoms with Gasteiger partial charge in [0.1, 0.15) is 5.69 Å². The van der Waals surface area contributed by atoms with Crippen LogP contribution in [0, 0.1) is 0 Å². The predicted octanol–water partition coefficient (Wildman–Crippen LogP) is 12.4. The molecule has 0 radical (unpaired) electrons. The lowest BCUT2D eigenvalue weighted by Crippen LogP contribution is -2.04. The highest BCUT2D eigenvalue weighted by molar-refractivity contribution is 6.31. The van der Waals surface area contributed by atoms with Crippen LogP contribution in [0.5, 0.6) is 0 Å². The maximum atomic E-state index is 5.51. The van der Waals surface area contributed by atoms with E-state index in [9.17, 15) is 0 Å². The van der Waals surface area contributed by atoms with Gasteiger partial charge in [0.05, 0.1) is 38.6 Å². The van der Waals surface area contributed by atoms with Crippen molar-refractivity contribution < 1.29 is 0 Å². The van der Waals surface area contributed by atoms with Crippen LogP contribution in [0.4, 0.5) is 0 Å². The summed E-state index contributed by atoms with van der Waals surface area (Å²) in [6, 6.07) is 61.1. The molecule has 240 valence electrons. The number of nitrogens with zero attached hydrogens (tertiary/aromatic N) is 4. The topological polar surface area (TPSA) is 35.1 Å². The first-order chi connectivity index (χ1) is 25.8.